The molecule has 2 heterocycles. The van der Waals surface area contributed by atoms with E-state index in [9.17, 15) is 18.3 Å². The molecule has 1 atom stereocenters. The number of carboxylic acids is 1. The molecular weight excluding hydrogens is 258 g/mol. The molecule has 3 N–H and O–H groups in total. The van der Waals surface area contributed by atoms with E-state index < -0.39 is 16.2 Å². The van der Waals surface area contributed by atoms with Gasteiger partial charge in [0, 0.05) is 18.7 Å². The van der Waals surface area contributed by atoms with Gasteiger partial charge in [0.05, 0.1) is 0 Å². The van der Waals surface area contributed by atoms with Crippen LogP contribution >= 0.6 is 0 Å². The maximum absolute atomic E-state index is 11.3. The summed E-state index contributed by atoms with van der Waals surface area (Å²) < 4.78 is 23.3. The number of carbonyl (C=O) groups is 1. The summed E-state index contributed by atoms with van der Waals surface area (Å²) in [6.07, 6.45) is 2.01. The third kappa shape index (κ3) is 2.26. The van der Waals surface area contributed by atoms with Gasteiger partial charge in [-0.3, -0.25) is 0 Å². The van der Waals surface area contributed by atoms with Crippen LogP contribution in [0, 0.1) is 0 Å². The fraction of sp³-hybridized carbons (Fsp3) is 0.500. The molecule has 0 radical (unpaired) electrons. The van der Waals surface area contributed by atoms with E-state index in [1.807, 2.05) is 7.05 Å². The Labute approximate surface area is 105 Å². The minimum absolute atomic E-state index is 0.0316. The molecule has 100 valence electrons. The van der Waals surface area contributed by atoms with E-state index in [2.05, 4.69) is 4.90 Å². The van der Waals surface area contributed by atoms with Crippen molar-refractivity contribution in [1.29, 1.82) is 0 Å². The number of nitrogens with two attached hydrogens (primary N) is 1. The van der Waals surface area contributed by atoms with Crippen LogP contribution < -0.4 is 5.14 Å². The SMILES string of the molecule is CN1CCC(c2ccn(S(N)(=O)=O)c2C(=O)O)C1. The van der Waals surface area contributed by atoms with Gasteiger partial charge >= 0.3 is 16.2 Å². The molecule has 1 aromatic heterocycles. The Morgan fingerprint density at radius 1 is 1.56 bits per heavy atom. The van der Waals surface area contributed by atoms with Crippen molar-refractivity contribution in [2.24, 2.45) is 5.14 Å². The van der Waals surface area contributed by atoms with Gasteiger partial charge in [0.2, 0.25) is 0 Å². The minimum Gasteiger partial charge on any atom is -0.477 e. The first-order valence-electron chi connectivity index (χ1n) is 5.47. The molecule has 1 fully saturated rings. The highest BCUT2D eigenvalue weighted by Crippen LogP contribution is 2.30. The lowest BCUT2D eigenvalue weighted by atomic mass is 9.99. The normalized spacial score (nSPS) is 21.3. The molecule has 1 aliphatic rings. The van der Waals surface area contributed by atoms with Crippen molar-refractivity contribution in [2.75, 3.05) is 20.1 Å². The van der Waals surface area contributed by atoms with Gasteiger partial charge in [-0.2, -0.15) is 8.42 Å². The molecule has 0 saturated carbocycles. The Kier molecular flexibility index (Phi) is 3.18. The maximum Gasteiger partial charge on any atom is 0.353 e. The van der Waals surface area contributed by atoms with Gasteiger partial charge in [-0.05, 0) is 31.6 Å². The minimum atomic E-state index is -4.08. The largest absolute Gasteiger partial charge is 0.477 e. The fourth-order valence-electron chi connectivity index (χ4n) is 2.38. The van der Waals surface area contributed by atoms with Crippen LogP contribution in [0.5, 0.6) is 0 Å². The average molecular weight is 273 g/mol. The van der Waals surface area contributed by atoms with Crippen LogP contribution in [0.4, 0.5) is 0 Å². The predicted octanol–water partition coefficient (Wildman–Crippen LogP) is -0.343. The number of rotatable bonds is 3. The summed E-state index contributed by atoms with van der Waals surface area (Å²) in [6, 6.07) is 1.53. The number of carboxylic acid groups (broad SMARTS) is 1. The highest BCUT2D eigenvalue weighted by Gasteiger charge is 2.29. The van der Waals surface area contributed by atoms with Gasteiger partial charge < -0.3 is 10.0 Å². The van der Waals surface area contributed by atoms with Crippen LogP contribution in [-0.4, -0.2) is 48.5 Å². The topological polar surface area (TPSA) is 106 Å². The van der Waals surface area contributed by atoms with E-state index in [1.165, 1.54) is 12.3 Å². The van der Waals surface area contributed by atoms with Crippen molar-refractivity contribution >= 4 is 16.2 Å². The van der Waals surface area contributed by atoms with Crippen LogP contribution in [0.2, 0.25) is 0 Å². The Morgan fingerprint density at radius 2 is 2.22 bits per heavy atom. The van der Waals surface area contributed by atoms with Crippen LogP contribution in [0.1, 0.15) is 28.4 Å². The van der Waals surface area contributed by atoms with E-state index in [4.69, 9.17) is 5.14 Å². The van der Waals surface area contributed by atoms with Crippen molar-refractivity contribution in [1.82, 2.24) is 8.87 Å². The summed E-state index contributed by atoms with van der Waals surface area (Å²) in [4.78, 5) is 13.3. The van der Waals surface area contributed by atoms with Gasteiger partial charge in [0.15, 0.2) is 0 Å². The second kappa shape index (κ2) is 4.38. The zero-order valence-corrected chi connectivity index (χ0v) is 10.7. The number of likely N-dealkylation sites (N-methyl/N-ethyl adjacent to an activating group) is 1. The van der Waals surface area contributed by atoms with Crippen LogP contribution in [0.3, 0.4) is 0 Å². The van der Waals surface area contributed by atoms with Gasteiger partial charge in [-0.15, -0.1) is 0 Å². The van der Waals surface area contributed by atoms with Crippen molar-refractivity contribution in [2.45, 2.75) is 12.3 Å². The Morgan fingerprint density at radius 3 is 2.67 bits per heavy atom. The molecule has 7 nitrogen and oxygen atoms in total. The summed E-state index contributed by atoms with van der Waals surface area (Å²) in [5.41, 5.74) is 0.277. The molecule has 0 aromatic carbocycles. The monoisotopic (exact) mass is 273 g/mol. The first-order valence-corrected chi connectivity index (χ1v) is 6.97. The third-order valence-electron chi connectivity index (χ3n) is 3.19. The molecule has 1 unspecified atom stereocenters. The lowest BCUT2D eigenvalue weighted by Gasteiger charge is -2.11. The third-order valence-corrected chi connectivity index (χ3v) is 4.04. The predicted molar refractivity (Wildman–Crippen MR) is 64.8 cm³/mol. The van der Waals surface area contributed by atoms with Crippen molar-refractivity contribution in [3.05, 3.63) is 23.5 Å². The van der Waals surface area contributed by atoms with Gasteiger partial charge in [0.1, 0.15) is 5.69 Å². The van der Waals surface area contributed by atoms with Crippen LogP contribution in [0.25, 0.3) is 0 Å². The molecule has 1 saturated heterocycles. The van der Waals surface area contributed by atoms with Crippen molar-refractivity contribution in [3.8, 4) is 0 Å². The lowest BCUT2D eigenvalue weighted by molar-refractivity contribution is 0.0687. The smallest absolute Gasteiger partial charge is 0.353 e. The summed E-state index contributed by atoms with van der Waals surface area (Å²) in [5, 5.41) is 14.2. The number of aromatic carboxylic acids is 1. The zero-order chi connectivity index (χ0) is 13.5. The maximum atomic E-state index is 11.3. The van der Waals surface area contributed by atoms with E-state index in [1.54, 1.807) is 0 Å². The summed E-state index contributed by atoms with van der Waals surface area (Å²) in [6.45, 7) is 1.58. The van der Waals surface area contributed by atoms with Gasteiger partial charge in [0.25, 0.3) is 0 Å². The second-order valence-corrected chi connectivity index (χ2v) is 5.94. The molecular formula is C10H15N3O4S. The summed E-state index contributed by atoms with van der Waals surface area (Å²) in [7, 11) is -2.14. The molecule has 0 aliphatic carbocycles. The van der Waals surface area contributed by atoms with E-state index in [0.29, 0.717) is 9.54 Å². The molecule has 0 bridgehead atoms. The summed E-state index contributed by atoms with van der Waals surface area (Å²) >= 11 is 0. The molecule has 1 aliphatic heterocycles. The van der Waals surface area contributed by atoms with E-state index in [-0.39, 0.29) is 11.6 Å². The summed E-state index contributed by atoms with van der Waals surface area (Å²) in [5.74, 6) is -1.25. The molecule has 18 heavy (non-hydrogen) atoms. The molecule has 1 aromatic rings. The zero-order valence-electron chi connectivity index (χ0n) is 9.91. The van der Waals surface area contributed by atoms with Gasteiger partial charge in [-0.1, -0.05) is 0 Å². The Bertz CT molecular complexity index is 578. The van der Waals surface area contributed by atoms with Gasteiger partial charge in [-0.25, -0.2) is 13.9 Å². The first kappa shape index (κ1) is 13.1. The average Bonchev–Trinajstić information content (AvgIpc) is 2.80. The second-order valence-electron chi connectivity index (χ2n) is 4.51. The van der Waals surface area contributed by atoms with Crippen LogP contribution in [-0.2, 0) is 10.2 Å². The van der Waals surface area contributed by atoms with Crippen molar-refractivity contribution < 1.29 is 18.3 Å². The Balaban J connectivity index is 2.50. The number of aromatic nitrogens is 1. The number of hydrogen-bond donors (Lipinski definition) is 2. The van der Waals surface area contributed by atoms with Crippen molar-refractivity contribution in [3.63, 3.8) is 0 Å². The molecule has 8 heteroatoms. The highest BCUT2D eigenvalue weighted by molar-refractivity contribution is 7.87. The lowest BCUT2D eigenvalue weighted by Crippen LogP contribution is -2.25. The fourth-order valence-corrected chi connectivity index (χ4v) is 3.05. The first-order chi connectivity index (χ1) is 8.30. The van der Waals surface area contributed by atoms with E-state index in [0.717, 1.165) is 19.5 Å². The quantitative estimate of drug-likeness (QED) is 0.783. The van der Waals surface area contributed by atoms with E-state index >= 15 is 0 Å². The van der Waals surface area contributed by atoms with Crippen LogP contribution in [0.15, 0.2) is 12.3 Å². The molecule has 2 rings (SSSR count). The number of likely N-dealkylation sites (tertiary alicyclic amines) is 1. The standard InChI is InChI=1S/C10H15N3O4S/c1-12-4-2-7(6-12)8-3-5-13(18(11,16)17)9(8)10(14)15/h3,5,7H,2,4,6H2,1H3,(H,14,15)(H2,11,16,17). The Hall–Kier alpha value is -1.38. The molecule has 0 amide bonds. The molecule has 0 spiro atoms. The number of nitrogens with zero attached hydrogens (tertiary/aromatic N) is 2. The highest BCUT2D eigenvalue weighted by atomic mass is 32.2. The number of hydrogen-bond acceptors (Lipinski definition) is 4.